The highest BCUT2D eigenvalue weighted by atomic mass is 16.4. The molecule has 0 fully saturated rings. The number of Topliss-reactive ketones (excluding diaryl/α,β-unsaturated/α-hetero) is 1. The first-order chi connectivity index (χ1) is 7.00. The van der Waals surface area contributed by atoms with Crippen molar-refractivity contribution in [3.63, 3.8) is 0 Å². The van der Waals surface area contributed by atoms with E-state index in [4.69, 9.17) is 5.11 Å². The zero-order valence-corrected chi connectivity index (χ0v) is 7.27. The minimum Gasteiger partial charge on any atom is -0.507 e. The fourth-order valence-corrected chi connectivity index (χ4v) is 1.35. The third-order valence-electron chi connectivity index (χ3n) is 2.07. The molecule has 15 heavy (non-hydrogen) atoms. The van der Waals surface area contributed by atoms with Crippen molar-refractivity contribution in [3.05, 3.63) is 23.3 Å². The van der Waals surface area contributed by atoms with Gasteiger partial charge < -0.3 is 15.5 Å². The molecule has 1 heterocycles. The van der Waals surface area contributed by atoms with Crippen molar-refractivity contribution in [3.8, 4) is 5.75 Å². The van der Waals surface area contributed by atoms with Gasteiger partial charge in [-0.1, -0.05) is 0 Å². The summed E-state index contributed by atoms with van der Waals surface area (Å²) in [5.74, 6) is -3.47. The number of aromatic carboxylic acids is 1. The Kier molecular flexibility index (Phi) is 1.72. The topological polar surface area (TPSA) is 104 Å². The molecule has 0 atom stereocenters. The standard InChI is InChI=1S/C9H5NO5/c11-6-2-5-3(1-4(6)9(14)15)7(12)8(13)10-5/h1-2,11H,(H,14,15)(H,10,12,13). The molecule has 0 saturated carbocycles. The fourth-order valence-electron chi connectivity index (χ4n) is 1.35. The molecule has 1 aromatic rings. The predicted molar refractivity (Wildman–Crippen MR) is 48.0 cm³/mol. The molecule has 3 N–H and O–H groups in total. The lowest BCUT2D eigenvalue weighted by atomic mass is 10.1. The summed E-state index contributed by atoms with van der Waals surface area (Å²) in [6, 6.07) is 2.02. The lowest BCUT2D eigenvalue weighted by Crippen LogP contribution is -2.12. The Morgan fingerprint density at radius 3 is 2.53 bits per heavy atom. The summed E-state index contributed by atoms with van der Waals surface area (Å²) in [6.07, 6.45) is 0. The monoisotopic (exact) mass is 207 g/mol. The van der Waals surface area contributed by atoms with Crippen molar-refractivity contribution in [2.45, 2.75) is 0 Å². The van der Waals surface area contributed by atoms with E-state index in [0.29, 0.717) is 0 Å². The van der Waals surface area contributed by atoms with E-state index in [-0.39, 0.29) is 11.3 Å². The third kappa shape index (κ3) is 1.23. The van der Waals surface area contributed by atoms with Gasteiger partial charge in [-0.2, -0.15) is 0 Å². The molecule has 6 nitrogen and oxygen atoms in total. The number of anilines is 1. The molecule has 1 aromatic carbocycles. The van der Waals surface area contributed by atoms with E-state index in [1.54, 1.807) is 0 Å². The first-order valence-corrected chi connectivity index (χ1v) is 3.96. The number of amides is 1. The smallest absolute Gasteiger partial charge is 0.339 e. The average molecular weight is 207 g/mol. The van der Waals surface area contributed by atoms with Crippen molar-refractivity contribution >= 4 is 23.3 Å². The van der Waals surface area contributed by atoms with Crippen LogP contribution in [-0.4, -0.2) is 27.9 Å². The van der Waals surface area contributed by atoms with Crippen LogP contribution in [0, 0.1) is 0 Å². The van der Waals surface area contributed by atoms with E-state index >= 15 is 0 Å². The van der Waals surface area contributed by atoms with Gasteiger partial charge in [-0.15, -0.1) is 0 Å². The zero-order valence-electron chi connectivity index (χ0n) is 7.27. The van der Waals surface area contributed by atoms with E-state index in [9.17, 15) is 19.5 Å². The lowest BCUT2D eigenvalue weighted by Gasteiger charge is -2.02. The normalized spacial score (nSPS) is 13.6. The molecule has 1 amide bonds. The van der Waals surface area contributed by atoms with Gasteiger partial charge in [0.2, 0.25) is 0 Å². The number of carbonyl (C=O) groups is 3. The molecule has 1 aliphatic heterocycles. The molecule has 0 aromatic heterocycles. The molecule has 1 aliphatic rings. The summed E-state index contributed by atoms with van der Waals surface area (Å²) in [5.41, 5.74) is -0.304. The molecule has 0 bridgehead atoms. The number of hydrogen-bond acceptors (Lipinski definition) is 4. The minimum absolute atomic E-state index is 0.0322. The first-order valence-electron chi connectivity index (χ1n) is 3.96. The number of fused-ring (bicyclic) bond motifs is 1. The summed E-state index contributed by atoms with van der Waals surface area (Å²) in [5, 5.41) is 20.2. The van der Waals surface area contributed by atoms with Gasteiger partial charge in [0.1, 0.15) is 11.3 Å². The second kappa shape index (κ2) is 2.81. The van der Waals surface area contributed by atoms with Crippen LogP contribution < -0.4 is 5.32 Å². The number of carbonyl (C=O) groups excluding carboxylic acids is 2. The van der Waals surface area contributed by atoms with Crippen LogP contribution >= 0.6 is 0 Å². The molecule has 0 unspecified atom stereocenters. The highest BCUT2D eigenvalue weighted by Gasteiger charge is 2.30. The number of benzene rings is 1. The van der Waals surface area contributed by atoms with Crippen LogP contribution in [0.3, 0.4) is 0 Å². The Labute approximate surface area is 83.1 Å². The maximum atomic E-state index is 11.2. The van der Waals surface area contributed by atoms with Crippen molar-refractivity contribution in [1.82, 2.24) is 0 Å². The molecule has 76 valence electrons. The molecule has 0 saturated heterocycles. The fraction of sp³-hybridized carbons (Fsp3) is 0. The summed E-state index contributed by atoms with van der Waals surface area (Å²) in [6.45, 7) is 0. The number of phenols is 1. The van der Waals surface area contributed by atoms with Crippen LogP contribution in [0.1, 0.15) is 20.7 Å². The van der Waals surface area contributed by atoms with Crippen molar-refractivity contribution < 1.29 is 24.6 Å². The van der Waals surface area contributed by atoms with Crippen LogP contribution in [0.15, 0.2) is 12.1 Å². The SMILES string of the molecule is O=C1Nc2cc(O)c(C(=O)O)cc2C1=O. The van der Waals surface area contributed by atoms with Gasteiger partial charge in [0.15, 0.2) is 0 Å². The zero-order chi connectivity index (χ0) is 11.2. The van der Waals surface area contributed by atoms with Crippen LogP contribution in [0.4, 0.5) is 5.69 Å². The third-order valence-corrected chi connectivity index (χ3v) is 2.07. The number of rotatable bonds is 1. The van der Waals surface area contributed by atoms with Gasteiger partial charge in [0.05, 0.1) is 11.3 Å². The maximum Gasteiger partial charge on any atom is 0.339 e. The second-order valence-corrected chi connectivity index (χ2v) is 3.00. The molecule has 0 aliphatic carbocycles. The Balaban J connectivity index is 2.65. The van der Waals surface area contributed by atoms with Crippen LogP contribution in [0.2, 0.25) is 0 Å². The highest BCUT2D eigenvalue weighted by Crippen LogP contribution is 2.30. The van der Waals surface area contributed by atoms with Crippen molar-refractivity contribution in [2.24, 2.45) is 0 Å². The van der Waals surface area contributed by atoms with Crippen LogP contribution in [0.25, 0.3) is 0 Å². The van der Waals surface area contributed by atoms with E-state index in [1.807, 2.05) is 0 Å². The molecular weight excluding hydrogens is 202 g/mol. The van der Waals surface area contributed by atoms with Gasteiger partial charge >= 0.3 is 5.97 Å². The van der Waals surface area contributed by atoms with Gasteiger partial charge in [-0.3, -0.25) is 9.59 Å². The van der Waals surface area contributed by atoms with Crippen LogP contribution in [0.5, 0.6) is 5.75 Å². The van der Waals surface area contributed by atoms with E-state index in [1.165, 1.54) is 0 Å². The lowest BCUT2D eigenvalue weighted by molar-refractivity contribution is -0.112. The number of aromatic hydroxyl groups is 1. The molecule has 0 radical (unpaired) electrons. The van der Waals surface area contributed by atoms with E-state index in [0.717, 1.165) is 12.1 Å². The molecule has 0 spiro atoms. The van der Waals surface area contributed by atoms with E-state index < -0.39 is 29.0 Å². The highest BCUT2D eigenvalue weighted by molar-refractivity contribution is 6.51. The first kappa shape index (κ1) is 9.20. The van der Waals surface area contributed by atoms with Crippen LogP contribution in [-0.2, 0) is 4.79 Å². The number of carboxylic acid groups (broad SMARTS) is 1. The van der Waals surface area contributed by atoms with Gasteiger partial charge in [0.25, 0.3) is 11.7 Å². The number of carboxylic acids is 1. The van der Waals surface area contributed by atoms with E-state index in [2.05, 4.69) is 5.32 Å². The Morgan fingerprint density at radius 1 is 1.27 bits per heavy atom. The van der Waals surface area contributed by atoms with Crippen molar-refractivity contribution in [1.29, 1.82) is 0 Å². The Hall–Kier alpha value is -2.37. The number of hydrogen-bond donors (Lipinski definition) is 3. The summed E-state index contributed by atoms with van der Waals surface area (Å²) >= 11 is 0. The predicted octanol–water partition coefficient (Wildman–Crippen LogP) is 0.225. The Bertz CT molecular complexity index is 505. The minimum atomic E-state index is -1.36. The molecule has 6 heteroatoms. The maximum absolute atomic E-state index is 11.2. The second-order valence-electron chi connectivity index (χ2n) is 3.00. The largest absolute Gasteiger partial charge is 0.507 e. The summed E-state index contributed by atoms with van der Waals surface area (Å²) in [4.78, 5) is 32.8. The molecule has 2 rings (SSSR count). The summed E-state index contributed by atoms with van der Waals surface area (Å²) < 4.78 is 0. The molecular formula is C9H5NO5. The number of ketones is 1. The van der Waals surface area contributed by atoms with Gasteiger partial charge in [-0.05, 0) is 6.07 Å². The van der Waals surface area contributed by atoms with Gasteiger partial charge in [0, 0.05) is 6.07 Å². The Morgan fingerprint density at radius 2 is 1.93 bits per heavy atom. The average Bonchev–Trinajstić information content (AvgIpc) is 2.41. The van der Waals surface area contributed by atoms with Gasteiger partial charge in [-0.25, -0.2) is 4.79 Å². The quantitative estimate of drug-likeness (QED) is 0.571. The number of nitrogens with one attached hydrogen (secondary N) is 1. The summed E-state index contributed by atoms with van der Waals surface area (Å²) in [7, 11) is 0. The van der Waals surface area contributed by atoms with Crippen molar-refractivity contribution in [2.75, 3.05) is 5.32 Å².